The highest BCUT2D eigenvalue weighted by molar-refractivity contribution is 6.22. The minimum absolute atomic E-state index is 0.0105. The SMILES string of the molecule is COc1cccc(N2CC(C(=O)Oc3cccc(N4C(=O)C5CC=CC(C)C5C4=O)c3)CC2=O)c1. The van der Waals surface area contributed by atoms with Crippen molar-refractivity contribution in [2.24, 2.45) is 23.7 Å². The first-order valence-electron chi connectivity index (χ1n) is 11.7. The monoisotopic (exact) mass is 474 g/mol. The van der Waals surface area contributed by atoms with Gasteiger partial charge in [0.25, 0.3) is 0 Å². The topological polar surface area (TPSA) is 93.2 Å². The van der Waals surface area contributed by atoms with Crippen LogP contribution in [0.3, 0.4) is 0 Å². The molecule has 4 atom stereocenters. The summed E-state index contributed by atoms with van der Waals surface area (Å²) in [6, 6.07) is 13.5. The predicted molar refractivity (Wildman–Crippen MR) is 128 cm³/mol. The smallest absolute Gasteiger partial charge is 0.316 e. The van der Waals surface area contributed by atoms with Gasteiger partial charge in [0, 0.05) is 30.8 Å². The summed E-state index contributed by atoms with van der Waals surface area (Å²) in [7, 11) is 1.55. The number of benzene rings is 2. The number of allylic oxidation sites excluding steroid dienone is 2. The maximum Gasteiger partial charge on any atom is 0.316 e. The second kappa shape index (κ2) is 9.02. The van der Waals surface area contributed by atoms with Gasteiger partial charge in [-0.2, -0.15) is 0 Å². The van der Waals surface area contributed by atoms with Gasteiger partial charge in [-0.05, 0) is 36.6 Å². The van der Waals surface area contributed by atoms with Gasteiger partial charge in [-0.15, -0.1) is 0 Å². The molecule has 3 amide bonds. The molecule has 8 nitrogen and oxygen atoms in total. The summed E-state index contributed by atoms with van der Waals surface area (Å²) in [4.78, 5) is 54.3. The van der Waals surface area contributed by atoms with Gasteiger partial charge in [-0.1, -0.05) is 31.2 Å². The third-order valence-electron chi connectivity index (χ3n) is 6.99. The second-order valence-corrected chi connectivity index (χ2v) is 9.19. The summed E-state index contributed by atoms with van der Waals surface area (Å²) < 4.78 is 10.8. The normalized spacial score (nSPS) is 25.7. The summed E-state index contributed by atoms with van der Waals surface area (Å²) in [5.74, 6) is -1.70. The lowest BCUT2D eigenvalue weighted by Gasteiger charge is -2.22. The van der Waals surface area contributed by atoms with E-state index in [0.29, 0.717) is 23.5 Å². The molecule has 0 spiro atoms. The Labute approximate surface area is 203 Å². The highest BCUT2D eigenvalue weighted by Gasteiger charge is 2.50. The summed E-state index contributed by atoms with van der Waals surface area (Å²) in [6.07, 6.45) is 4.51. The second-order valence-electron chi connectivity index (χ2n) is 9.19. The Kier molecular flexibility index (Phi) is 5.88. The van der Waals surface area contributed by atoms with Gasteiger partial charge >= 0.3 is 5.97 Å². The summed E-state index contributed by atoms with van der Waals surface area (Å²) in [5, 5.41) is 0. The number of carbonyl (C=O) groups excluding carboxylic acids is 4. The molecular formula is C27H26N2O6. The molecule has 2 saturated heterocycles. The fourth-order valence-corrected chi connectivity index (χ4v) is 5.18. The van der Waals surface area contributed by atoms with Crippen LogP contribution in [0.25, 0.3) is 0 Å². The minimum Gasteiger partial charge on any atom is -0.497 e. The molecule has 2 fully saturated rings. The first-order valence-corrected chi connectivity index (χ1v) is 11.7. The summed E-state index contributed by atoms with van der Waals surface area (Å²) in [6.45, 7) is 2.14. The maximum absolute atomic E-state index is 13.1. The third kappa shape index (κ3) is 4.09. The molecule has 2 aromatic rings. The summed E-state index contributed by atoms with van der Waals surface area (Å²) >= 11 is 0. The Balaban J connectivity index is 1.29. The number of hydrogen-bond donors (Lipinski definition) is 0. The molecule has 0 N–H and O–H groups in total. The van der Waals surface area contributed by atoms with E-state index in [-0.39, 0.29) is 54.2 Å². The molecule has 0 bridgehead atoms. The van der Waals surface area contributed by atoms with E-state index in [1.165, 1.54) is 11.0 Å². The highest BCUT2D eigenvalue weighted by atomic mass is 16.5. The number of anilines is 2. The molecule has 2 aliphatic heterocycles. The Morgan fingerprint density at radius 2 is 1.69 bits per heavy atom. The predicted octanol–water partition coefficient (Wildman–Crippen LogP) is 3.36. The van der Waals surface area contributed by atoms with Crippen LogP contribution in [-0.4, -0.2) is 37.3 Å². The van der Waals surface area contributed by atoms with Crippen LogP contribution in [0.4, 0.5) is 11.4 Å². The van der Waals surface area contributed by atoms with Crippen molar-refractivity contribution in [2.75, 3.05) is 23.5 Å². The molecule has 5 rings (SSSR count). The molecule has 0 saturated carbocycles. The first-order chi connectivity index (χ1) is 16.9. The molecular weight excluding hydrogens is 448 g/mol. The van der Waals surface area contributed by atoms with Gasteiger partial charge < -0.3 is 14.4 Å². The first kappa shape index (κ1) is 22.8. The van der Waals surface area contributed by atoms with Crippen molar-refractivity contribution in [1.82, 2.24) is 0 Å². The molecule has 1 aliphatic carbocycles. The fraction of sp³-hybridized carbons (Fsp3) is 0.333. The molecule has 8 heteroatoms. The standard InChI is InChI=1S/C27H26N2O6/c1-16-6-3-11-22-24(16)26(32)29(25(22)31)19-8-5-10-21(14-19)35-27(33)17-12-23(30)28(15-17)18-7-4-9-20(13-18)34-2/h3-10,13-14,16-17,22,24H,11-12,15H2,1-2H3. The van der Waals surface area contributed by atoms with E-state index in [1.807, 2.05) is 19.1 Å². The third-order valence-corrected chi connectivity index (χ3v) is 6.99. The Morgan fingerprint density at radius 3 is 2.43 bits per heavy atom. The van der Waals surface area contributed by atoms with E-state index in [4.69, 9.17) is 9.47 Å². The van der Waals surface area contributed by atoms with Crippen LogP contribution in [0.5, 0.6) is 11.5 Å². The van der Waals surface area contributed by atoms with Crippen LogP contribution >= 0.6 is 0 Å². The Bertz CT molecular complexity index is 1240. The van der Waals surface area contributed by atoms with Gasteiger partial charge in [-0.25, -0.2) is 4.90 Å². The molecule has 3 aliphatic rings. The van der Waals surface area contributed by atoms with Crippen LogP contribution in [-0.2, 0) is 19.2 Å². The largest absolute Gasteiger partial charge is 0.497 e. The van der Waals surface area contributed by atoms with Gasteiger partial charge in [0.1, 0.15) is 11.5 Å². The van der Waals surface area contributed by atoms with E-state index in [2.05, 4.69) is 0 Å². The summed E-state index contributed by atoms with van der Waals surface area (Å²) in [5.41, 5.74) is 1.04. The number of nitrogens with zero attached hydrogens (tertiary/aromatic N) is 2. The zero-order chi connectivity index (χ0) is 24.7. The van der Waals surface area contributed by atoms with E-state index < -0.39 is 11.9 Å². The maximum atomic E-state index is 13.1. The Morgan fingerprint density at radius 1 is 0.971 bits per heavy atom. The number of amides is 3. The average molecular weight is 475 g/mol. The number of rotatable bonds is 5. The molecule has 180 valence electrons. The lowest BCUT2D eigenvalue weighted by Crippen LogP contribution is -2.31. The number of imide groups is 1. The van der Waals surface area contributed by atoms with Crippen LogP contribution in [0.1, 0.15) is 19.8 Å². The van der Waals surface area contributed by atoms with E-state index in [0.717, 1.165) is 0 Å². The van der Waals surface area contributed by atoms with Gasteiger partial charge in [0.15, 0.2) is 0 Å². The van der Waals surface area contributed by atoms with Crippen molar-refractivity contribution in [2.45, 2.75) is 19.8 Å². The number of methoxy groups -OCH3 is 1. The lowest BCUT2D eigenvalue weighted by atomic mass is 9.78. The number of hydrogen-bond acceptors (Lipinski definition) is 6. The lowest BCUT2D eigenvalue weighted by molar-refractivity contribution is -0.139. The van der Waals surface area contributed by atoms with Crippen molar-refractivity contribution in [3.63, 3.8) is 0 Å². The molecule has 4 unspecified atom stereocenters. The van der Waals surface area contributed by atoms with E-state index in [9.17, 15) is 19.2 Å². The molecule has 2 aromatic carbocycles. The number of fused-ring (bicyclic) bond motifs is 1. The molecule has 2 heterocycles. The molecule has 0 radical (unpaired) electrons. The van der Waals surface area contributed by atoms with E-state index in [1.54, 1.807) is 54.5 Å². The van der Waals surface area contributed by atoms with Crippen molar-refractivity contribution < 1.29 is 28.7 Å². The Hall–Kier alpha value is -3.94. The van der Waals surface area contributed by atoms with Gasteiger partial charge in [0.05, 0.1) is 30.6 Å². The zero-order valence-corrected chi connectivity index (χ0v) is 19.5. The number of carbonyl (C=O) groups is 4. The molecule has 35 heavy (non-hydrogen) atoms. The van der Waals surface area contributed by atoms with Crippen LogP contribution in [0, 0.1) is 23.7 Å². The van der Waals surface area contributed by atoms with Crippen molar-refractivity contribution in [3.8, 4) is 11.5 Å². The van der Waals surface area contributed by atoms with E-state index >= 15 is 0 Å². The number of ether oxygens (including phenoxy) is 2. The van der Waals surface area contributed by atoms with Gasteiger partial charge in [-0.3, -0.25) is 19.2 Å². The number of esters is 1. The van der Waals surface area contributed by atoms with Crippen molar-refractivity contribution >= 4 is 35.1 Å². The van der Waals surface area contributed by atoms with Gasteiger partial charge in [0.2, 0.25) is 17.7 Å². The highest BCUT2D eigenvalue weighted by Crippen LogP contribution is 2.41. The average Bonchev–Trinajstić information content (AvgIpc) is 3.37. The van der Waals surface area contributed by atoms with Crippen LogP contribution in [0.15, 0.2) is 60.7 Å². The van der Waals surface area contributed by atoms with Crippen LogP contribution in [0.2, 0.25) is 0 Å². The quantitative estimate of drug-likeness (QED) is 0.286. The van der Waals surface area contributed by atoms with Crippen molar-refractivity contribution in [1.29, 1.82) is 0 Å². The molecule has 0 aromatic heterocycles. The zero-order valence-electron chi connectivity index (χ0n) is 19.5. The van der Waals surface area contributed by atoms with Crippen LogP contribution < -0.4 is 19.3 Å². The minimum atomic E-state index is -0.637. The fourth-order valence-electron chi connectivity index (χ4n) is 5.18. The van der Waals surface area contributed by atoms with Crippen molar-refractivity contribution in [3.05, 3.63) is 60.7 Å².